The first-order valence-electron chi connectivity index (χ1n) is 7.96. The molecule has 1 fully saturated rings. The van der Waals surface area contributed by atoms with Gasteiger partial charge in [0.05, 0.1) is 6.33 Å². The molecule has 1 saturated heterocycles. The van der Waals surface area contributed by atoms with Crippen molar-refractivity contribution in [2.24, 2.45) is 11.5 Å². The molecule has 0 aromatic carbocycles. The van der Waals surface area contributed by atoms with E-state index in [0.717, 1.165) is 0 Å². The van der Waals surface area contributed by atoms with E-state index < -0.39 is 39.9 Å². The average molecular weight is 525 g/mol. The summed E-state index contributed by atoms with van der Waals surface area (Å²) in [5.41, 5.74) is 10.5. The van der Waals surface area contributed by atoms with Crippen LogP contribution in [0.15, 0.2) is 12.7 Å². The maximum atomic E-state index is 10.3. The Morgan fingerprint density at radius 1 is 1.15 bits per heavy atom. The molecule has 0 radical (unpaired) electrons. The van der Waals surface area contributed by atoms with Gasteiger partial charge in [-0.2, -0.15) is 0 Å². The van der Waals surface area contributed by atoms with E-state index in [1.54, 1.807) is 7.05 Å². The third-order valence-electron chi connectivity index (χ3n) is 3.49. The summed E-state index contributed by atoms with van der Waals surface area (Å²) in [4.78, 5) is 55.5. The van der Waals surface area contributed by atoms with E-state index in [4.69, 9.17) is 54.7 Å². The van der Waals surface area contributed by atoms with E-state index in [0.29, 0.717) is 17.0 Å². The van der Waals surface area contributed by atoms with Crippen LogP contribution in [0.1, 0.15) is 12.6 Å². The summed E-state index contributed by atoms with van der Waals surface area (Å²) < 4.78 is 24.8. The van der Waals surface area contributed by atoms with Crippen molar-refractivity contribution in [3.05, 3.63) is 12.7 Å². The minimum Gasteiger partial charge on any atom is -0.376 e. The molecule has 19 N–H and O–H groups in total. The number of nitrogens with one attached hydrogen (secondary N) is 1. The van der Waals surface area contributed by atoms with Gasteiger partial charge in [-0.3, -0.25) is 10.3 Å². The van der Waals surface area contributed by atoms with E-state index in [1.807, 2.05) is 0 Å². The molecular weight excluding hydrogens is 496 g/mol. The first-order chi connectivity index (χ1) is 13.9. The van der Waals surface area contributed by atoms with E-state index >= 15 is 0 Å². The summed E-state index contributed by atoms with van der Waals surface area (Å²) in [5.74, 6) is 0.549. The molecular formula is C11H29N9O11P2. The molecule has 4 atom stereocenters. The number of anilines is 1. The van der Waals surface area contributed by atoms with E-state index in [9.17, 15) is 10.2 Å². The van der Waals surface area contributed by atoms with Gasteiger partial charge in [0.25, 0.3) is 0 Å². The molecule has 0 amide bonds. The minimum absolute atomic E-state index is 0. The molecule has 0 saturated carbocycles. The van der Waals surface area contributed by atoms with Crippen LogP contribution in [-0.2, 0) is 13.9 Å². The Hall–Kier alpha value is -1.71. The summed E-state index contributed by atoms with van der Waals surface area (Å²) >= 11 is 0. The largest absolute Gasteiger partial charge is 0.466 e. The van der Waals surface area contributed by atoms with Crippen LogP contribution in [0, 0.1) is 0 Å². The maximum Gasteiger partial charge on any atom is 0.466 e. The predicted octanol–water partition coefficient (Wildman–Crippen LogP) is -3.45. The number of aromatic nitrogens is 4. The topological polar surface area (TPSA) is 383 Å². The fraction of sp³-hybridized carbons (Fsp3) is 0.545. The highest BCUT2D eigenvalue weighted by atomic mass is 31.2. The smallest absolute Gasteiger partial charge is 0.376 e. The average Bonchev–Trinajstić information content (AvgIpc) is 3.11. The Morgan fingerprint density at radius 2 is 1.64 bits per heavy atom. The summed E-state index contributed by atoms with van der Waals surface area (Å²) in [5, 5.41) is 22.6. The van der Waals surface area contributed by atoms with Gasteiger partial charge < -0.3 is 67.7 Å². The number of imidazole rings is 1. The van der Waals surface area contributed by atoms with Crippen molar-refractivity contribution in [2.45, 2.75) is 30.7 Å². The van der Waals surface area contributed by atoms with Gasteiger partial charge in [-0.05, 0) is 0 Å². The molecule has 22 heteroatoms. The summed E-state index contributed by atoms with van der Waals surface area (Å²) in [6.07, 6.45) is -0.139. The number of nitrogens with two attached hydrogens (primary N) is 2. The normalized spacial score (nSPS) is 23.1. The van der Waals surface area contributed by atoms with Crippen molar-refractivity contribution in [1.29, 1.82) is 0 Å². The predicted molar refractivity (Wildman–Crippen MR) is 111 cm³/mol. The zero-order valence-electron chi connectivity index (χ0n) is 17.1. The van der Waals surface area contributed by atoms with Gasteiger partial charge in [-0.15, -0.1) is 0 Å². The molecule has 2 aromatic heterocycles. The van der Waals surface area contributed by atoms with E-state index in [-0.39, 0.29) is 18.7 Å². The van der Waals surface area contributed by atoms with Gasteiger partial charge in [0.1, 0.15) is 24.2 Å². The first-order valence-corrected chi connectivity index (χ1v) is 11.1. The lowest BCUT2D eigenvalue weighted by Crippen LogP contribution is -2.45. The summed E-state index contributed by atoms with van der Waals surface area (Å²) in [6.45, 7) is 0. The molecule has 1 aliphatic heterocycles. The molecule has 3 rings (SSSR count). The SMILES string of the molecule is CNc1ncnc2c1ncn2[C@@H]1O[C@H](C(N)O)C[C@@]1(N)O.N.N.O=P(O)(O)O.O=P(O)(O)O. The third kappa shape index (κ3) is 11.3. The molecule has 194 valence electrons. The molecule has 1 aliphatic rings. The van der Waals surface area contributed by atoms with Crippen molar-refractivity contribution < 1.29 is 53.4 Å². The highest BCUT2D eigenvalue weighted by Gasteiger charge is 2.48. The Bertz CT molecular complexity index is 926. The van der Waals surface area contributed by atoms with Crippen molar-refractivity contribution in [3.63, 3.8) is 0 Å². The second kappa shape index (κ2) is 12.7. The minimum atomic E-state index is -4.64. The Labute approximate surface area is 185 Å². The second-order valence-electron chi connectivity index (χ2n) is 6.04. The molecule has 2 aromatic rings. The van der Waals surface area contributed by atoms with E-state index in [1.165, 1.54) is 17.2 Å². The van der Waals surface area contributed by atoms with Crippen molar-refractivity contribution >= 4 is 32.6 Å². The lowest BCUT2D eigenvalue weighted by molar-refractivity contribution is -0.102. The highest BCUT2D eigenvalue weighted by molar-refractivity contribution is 7.45. The number of ether oxygens (including phenoxy) is 1. The van der Waals surface area contributed by atoms with Crippen molar-refractivity contribution in [3.8, 4) is 0 Å². The quantitative estimate of drug-likeness (QED) is 0.137. The fourth-order valence-corrected chi connectivity index (χ4v) is 2.47. The van der Waals surface area contributed by atoms with Gasteiger partial charge in [0, 0.05) is 13.5 Å². The summed E-state index contributed by atoms with van der Waals surface area (Å²) in [7, 11) is -7.56. The number of rotatable bonds is 3. The summed E-state index contributed by atoms with van der Waals surface area (Å²) in [6, 6.07) is 0. The van der Waals surface area contributed by atoms with Crippen LogP contribution in [0.25, 0.3) is 11.2 Å². The first kappa shape index (κ1) is 33.5. The van der Waals surface area contributed by atoms with Crippen LogP contribution < -0.4 is 29.1 Å². The monoisotopic (exact) mass is 525 g/mol. The Kier molecular flexibility index (Phi) is 12.8. The molecule has 0 bridgehead atoms. The molecule has 0 spiro atoms. The molecule has 1 unspecified atom stereocenters. The molecule has 0 aliphatic carbocycles. The van der Waals surface area contributed by atoms with Crippen LogP contribution in [0.2, 0.25) is 0 Å². The second-order valence-corrected chi connectivity index (χ2v) is 8.09. The van der Waals surface area contributed by atoms with Gasteiger partial charge in [-0.25, -0.2) is 24.1 Å². The Morgan fingerprint density at radius 3 is 2.03 bits per heavy atom. The number of phosphoric acid groups is 2. The van der Waals surface area contributed by atoms with Crippen LogP contribution in [-0.4, -0.2) is 84.2 Å². The van der Waals surface area contributed by atoms with Gasteiger partial charge in [-0.1, -0.05) is 0 Å². The lowest BCUT2D eigenvalue weighted by Gasteiger charge is -2.24. The number of hydrogen-bond donors (Lipinski definition) is 13. The van der Waals surface area contributed by atoms with Crippen LogP contribution in [0.3, 0.4) is 0 Å². The number of hydrogen-bond acceptors (Lipinski definition) is 13. The third-order valence-corrected chi connectivity index (χ3v) is 3.49. The highest BCUT2D eigenvalue weighted by Crippen LogP contribution is 2.36. The number of aliphatic hydroxyl groups excluding tert-OH is 1. The van der Waals surface area contributed by atoms with Crippen molar-refractivity contribution in [1.82, 2.24) is 31.8 Å². The van der Waals surface area contributed by atoms with E-state index in [2.05, 4.69) is 20.3 Å². The molecule has 3 heterocycles. The van der Waals surface area contributed by atoms with Crippen LogP contribution in [0.5, 0.6) is 0 Å². The zero-order valence-corrected chi connectivity index (χ0v) is 18.9. The molecule has 33 heavy (non-hydrogen) atoms. The number of nitrogens with zero attached hydrogens (tertiary/aromatic N) is 4. The molecule has 20 nitrogen and oxygen atoms in total. The van der Waals surface area contributed by atoms with Gasteiger partial charge >= 0.3 is 15.6 Å². The maximum absolute atomic E-state index is 10.3. The van der Waals surface area contributed by atoms with Crippen molar-refractivity contribution in [2.75, 3.05) is 12.4 Å². The van der Waals surface area contributed by atoms with Crippen LogP contribution in [0.4, 0.5) is 5.82 Å². The van der Waals surface area contributed by atoms with Gasteiger partial charge in [0.15, 0.2) is 23.4 Å². The Balaban J connectivity index is 0. The fourth-order valence-electron chi connectivity index (χ4n) is 2.47. The number of fused-ring (bicyclic) bond motifs is 1. The number of aliphatic hydroxyl groups is 2. The van der Waals surface area contributed by atoms with Crippen LogP contribution >= 0.6 is 15.6 Å². The van der Waals surface area contributed by atoms with Gasteiger partial charge in [0.2, 0.25) is 0 Å². The standard InChI is InChI=1S/C11H17N7O3.2H3N.2H3O4P/c1-14-8-6-9(16-3-15-8)18(4-17-6)10-11(13,20)2-5(21-10)7(12)19;;;2*1-5(2,3)4/h3-5,7,10,19-20H,2,12-13H2,1H3,(H,14,15,16);2*1H3;2*(H3,1,2,3,4)/t5-,7?,10+,11+;;;;/m0..../s1. The zero-order chi connectivity index (χ0) is 24.2. The lowest BCUT2D eigenvalue weighted by atomic mass is 10.1.